The zero-order valence-electron chi connectivity index (χ0n) is 13.6. The van der Waals surface area contributed by atoms with Crippen LogP contribution in [-0.2, 0) is 7.05 Å². The van der Waals surface area contributed by atoms with Gasteiger partial charge in [0.05, 0.1) is 10.5 Å². The van der Waals surface area contributed by atoms with E-state index in [0.717, 1.165) is 4.68 Å². The number of carboxylic acids is 1. The van der Waals surface area contributed by atoms with Gasteiger partial charge < -0.3 is 10.4 Å². The molecule has 9 heteroatoms. The first kappa shape index (κ1) is 17.1. The molecule has 0 bridgehead atoms. The van der Waals surface area contributed by atoms with Crippen LogP contribution in [0.2, 0.25) is 0 Å². The zero-order chi connectivity index (χ0) is 18.2. The number of carboxylic acid groups (broad SMARTS) is 1. The molecule has 0 aliphatic carbocycles. The van der Waals surface area contributed by atoms with Gasteiger partial charge >= 0.3 is 11.7 Å². The highest BCUT2D eigenvalue weighted by Gasteiger charge is 2.29. The summed E-state index contributed by atoms with van der Waals surface area (Å²) in [6.07, 6.45) is 0. The number of nitrogens with one attached hydrogen (secondary N) is 1. The van der Waals surface area contributed by atoms with E-state index in [1.807, 2.05) is 0 Å². The fourth-order valence-corrected chi connectivity index (χ4v) is 2.52. The highest BCUT2D eigenvalue weighted by molar-refractivity contribution is 6.07. The SMILES string of the molecule is Cc1cc(C)c(C(=O)O)cc1NC(=O)c1c([N+](=O)[O-])c(C)nn1C. The number of aromatic carboxylic acids is 1. The molecule has 24 heavy (non-hydrogen) atoms. The van der Waals surface area contributed by atoms with E-state index in [9.17, 15) is 24.8 Å². The highest BCUT2D eigenvalue weighted by Crippen LogP contribution is 2.25. The molecule has 2 N–H and O–H groups in total. The van der Waals surface area contributed by atoms with E-state index < -0.39 is 16.8 Å². The van der Waals surface area contributed by atoms with Crippen LogP contribution in [0.5, 0.6) is 0 Å². The normalized spacial score (nSPS) is 10.5. The predicted molar refractivity (Wildman–Crippen MR) is 85.4 cm³/mol. The minimum absolute atomic E-state index is 0.0478. The number of anilines is 1. The molecule has 0 radical (unpaired) electrons. The Kier molecular flexibility index (Phi) is 4.36. The number of nitro groups is 1. The molecule has 1 heterocycles. The van der Waals surface area contributed by atoms with Crippen LogP contribution in [0, 0.1) is 30.9 Å². The van der Waals surface area contributed by atoms with Crippen molar-refractivity contribution in [3.05, 3.63) is 50.3 Å². The van der Waals surface area contributed by atoms with Gasteiger partial charge in [-0.25, -0.2) is 4.79 Å². The van der Waals surface area contributed by atoms with Crippen molar-refractivity contribution < 1.29 is 19.6 Å². The largest absolute Gasteiger partial charge is 0.478 e. The second-order valence-corrected chi connectivity index (χ2v) is 5.40. The van der Waals surface area contributed by atoms with Crippen molar-refractivity contribution in [1.29, 1.82) is 0 Å². The Labute approximate surface area is 137 Å². The number of aromatic nitrogens is 2. The van der Waals surface area contributed by atoms with Crippen molar-refractivity contribution in [2.24, 2.45) is 7.05 Å². The molecule has 0 unspecified atom stereocenters. The molecule has 0 atom stereocenters. The quantitative estimate of drug-likeness (QED) is 0.652. The molecule has 1 amide bonds. The van der Waals surface area contributed by atoms with Crippen LogP contribution in [0.25, 0.3) is 0 Å². The summed E-state index contributed by atoms with van der Waals surface area (Å²) in [5.41, 5.74) is 1.07. The summed E-state index contributed by atoms with van der Waals surface area (Å²) < 4.78 is 1.13. The number of aryl methyl sites for hydroxylation is 4. The second kappa shape index (κ2) is 6.11. The maximum absolute atomic E-state index is 12.5. The summed E-state index contributed by atoms with van der Waals surface area (Å²) >= 11 is 0. The maximum atomic E-state index is 12.5. The van der Waals surface area contributed by atoms with Crippen molar-refractivity contribution in [2.45, 2.75) is 20.8 Å². The monoisotopic (exact) mass is 332 g/mol. The van der Waals surface area contributed by atoms with Gasteiger partial charge in [0, 0.05) is 12.7 Å². The van der Waals surface area contributed by atoms with E-state index in [1.54, 1.807) is 19.9 Å². The van der Waals surface area contributed by atoms with Gasteiger partial charge in [0.2, 0.25) is 5.69 Å². The molecule has 0 aliphatic heterocycles. The van der Waals surface area contributed by atoms with Crippen LogP contribution in [0.4, 0.5) is 11.4 Å². The summed E-state index contributed by atoms with van der Waals surface area (Å²) in [7, 11) is 1.43. The molecule has 126 valence electrons. The van der Waals surface area contributed by atoms with Gasteiger partial charge in [-0.3, -0.25) is 19.6 Å². The number of hydrogen-bond acceptors (Lipinski definition) is 5. The van der Waals surface area contributed by atoms with E-state index in [4.69, 9.17) is 0 Å². The minimum Gasteiger partial charge on any atom is -0.478 e. The first-order chi connectivity index (χ1) is 11.1. The number of benzene rings is 1. The summed E-state index contributed by atoms with van der Waals surface area (Å²) in [5, 5.41) is 26.8. The molecular formula is C15H16N4O5. The van der Waals surface area contributed by atoms with Crippen molar-refractivity contribution in [1.82, 2.24) is 9.78 Å². The fourth-order valence-electron chi connectivity index (χ4n) is 2.52. The zero-order valence-corrected chi connectivity index (χ0v) is 13.6. The molecule has 0 fully saturated rings. The third-order valence-electron chi connectivity index (χ3n) is 3.64. The lowest BCUT2D eigenvalue weighted by molar-refractivity contribution is -0.385. The Balaban J connectivity index is 2.47. The van der Waals surface area contributed by atoms with Crippen molar-refractivity contribution in [3.8, 4) is 0 Å². The van der Waals surface area contributed by atoms with Crippen LogP contribution in [0.15, 0.2) is 12.1 Å². The Morgan fingerprint density at radius 2 is 1.88 bits per heavy atom. The van der Waals surface area contributed by atoms with Gasteiger partial charge in [-0.15, -0.1) is 0 Å². The molecule has 2 rings (SSSR count). The third kappa shape index (κ3) is 2.96. The summed E-state index contributed by atoms with van der Waals surface area (Å²) in [5.74, 6) is -1.85. The minimum atomic E-state index is -1.12. The van der Waals surface area contributed by atoms with Crippen LogP contribution >= 0.6 is 0 Å². The van der Waals surface area contributed by atoms with E-state index in [0.29, 0.717) is 11.1 Å². The number of hydrogen-bond donors (Lipinski definition) is 2. The first-order valence-electron chi connectivity index (χ1n) is 6.97. The fraction of sp³-hybridized carbons (Fsp3) is 0.267. The molecule has 0 aliphatic rings. The van der Waals surface area contributed by atoms with Crippen LogP contribution in [0.3, 0.4) is 0 Å². The number of rotatable bonds is 4. The average Bonchev–Trinajstić information content (AvgIpc) is 2.76. The topological polar surface area (TPSA) is 127 Å². The molecule has 1 aromatic heterocycles. The standard InChI is InChI=1S/C15H16N4O5/c1-7-5-8(2)11(6-10(7)15(21)22)16-14(20)13-12(19(23)24)9(3)17-18(13)4/h5-6H,1-4H3,(H,16,20)(H,21,22). The molecular weight excluding hydrogens is 316 g/mol. The second-order valence-electron chi connectivity index (χ2n) is 5.40. The molecule has 1 aromatic carbocycles. The van der Waals surface area contributed by atoms with Gasteiger partial charge in [0.15, 0.2) is 0 Å². The lowest BCUT2D eigenvalue weighted by Gasteiger charge is -2.11. The molecule has 2 aromatic rings. The number of amides is 1. The summed E-state index contributed by atoms with van der Waals surface area (Å²) in [6.45, 7) is 4.79. The van der Waals surface area contributed by atoms with E-state index in [-0.39, 0.29) is 28.3 Å². The van der Waals surface area contributed by atoms with Crippen LogP contribution < -0.4 is 5.32 Å². The van der Waals surface area contributed by atoms with Gasteiger partial charge in [0.1, 0.15) is 5.69 Å². The van der Waals surface area contributed by atoms with E-state index in [2.05, 4.69) is 10.4 Å². The first-order valence-corrected chi connectivity index (χ1v) is 6.97. The third-order valence-corrected chi connectivity index (χ3v) is 3.64. The molecule has 0 saturated heterocycles. The molecule has 9 nitrogen and oxygen atoms in total. The number of carbonyl (C=O) groups is 2. The Morgan fingerprint density at radius 3 is 2.42 bits per heavy atom. The lowest BCUT2D eigenvalue weighted by Crippen LogP contribution is -2.18. The van der Waals surface area contributed by atoms with Crippen molar-refractivity contribution >= 4 is 23.3 Å². The smallest absolute Gasteiger partial charge is 0.336 e. The lowest BCUT2D eigenvalue weighted by atomic mass is 10.0. The molecule has 0 spiro atoms. The summed E-state index contributed by atoms with van der Waals surface area (Å²) in [4.78, 5) is 34.2. The Hall–Kier alpha value is -3.23. The number of nitrogens with zero attached hydrogens (tertiary/aromatic N) is 3. The highest BCUT2D eigenvalue weighted by atomic mass is 16.6. The van der Waals surface area contributed by atoms with Crippen LogP contribution in [0.1, 0.15) is 37.7 Å². The van der Waals surface area contributed by atoms with E-state index in [1.165, 1.54) is 20.0 Å². The van der Waals surface area contributed by atoms with Gasteiger partial charge in [0.25, 0.3) is 5.91 Å². The Morgan fingerprint density at radius 1 is 1.25 bits per heavy atom. The van der Waals surface area contributed by atoms with Crippen LogP contribution in [-0.4, -0.2) is 31.7 Å². The van der Waals surface area contributed by atoms with Gasteiger partial charge in [-0.05, 0) is 38.0 Å². The molecule has 0 saturated carbocycles. The van der Waals surface area contributed by atoms with Crippen molar-refractivity contribution in [2.75, 3.05) is 5.32 Å². The van der Waals surface area contributed by atoms with Crippen molar-refractivity contribution in [3.63, 3.8) is 0 Å². The summed E-state index contributed by atoms with van der Waals surface area (Å²) in [6, 6.07) is 2.96. The number of carbonyl (C=O) groups excluding carboxylic acids is 1. The maximum Gasteiger partial charge on any atom is 0.336 e. The Bertz CT molecular complexity index is 869. The van der Waals surface area contributed by atoms with Gasteiger partial charge in [-0.1, -0.05) is 6.07 Å². The predicted octanol–water partition coefficient (Wildman–Crippen LogP) is 2.20. The average molecular weight is 332 g/mol. The van der Waals surface area contributed by atoms with Gasteiger partial charge in [-0.2, -0.15) is 5.10 Å². The van der Waals surface area contributed by atoms with E-state index >= 15 is 0 Å².